The number of carbonyl (C=O) groups excluding carboxylic acids is 1. The summed E-state index contributed by atoms with van der Waals surface area (Å²) >= 11 is 0. The number of aromatic hydroxyl groups is 1. The van der Waals surface area contributed by atoms with Crippen molar-refractivity contribution in [2.75, 3.05) is 0 Å². The molecule has 12 heavy (non-hydrogen) atoms. The molecule has 0 radical (unpaired) electrons. The van der Waals surface area contributed by atoms with Crippen molar-refractivity contribution in [2.45, 2.75) is 19.8 Å². The summed E-state index contributed by atoms with van der Waals surface area (Å²) in [5, 5.41) is 9.20. The van der Waals surface area contributed by atoms with Gasteiger partial charge in [0.05, 0.1) is 5.56 Å². The van der Waals surface area contributed by atoms with Crippen molar-refractivity contribution in [3.63, 3.8) is 0 Å². The third kappa shape index (κ3) is 1.61. The van der Waals surface area contributed by atoms with E-state index in [4.69, 9.17) is 0 Å². The number of hydrogen-bond acceptors (Lipinski definition) is 3. The molecule has 0 atom stereocenters. The first-order valence-corrected chi connectivity index (χ1v) is 3.80. The Balaban J connectivity index is 3.10. The van der Waals surface area contributed by atoms with Crippen LogP contribution < -0.4 is 0 Å². The molecular weight excluding hydrogens is 154 g/mol. The molecule has 3 heteroatoms. The summed E-state index contributed by atoms with van der Waals surface area (Å²) in [4.78, 5) is 14.2. The standard InChI is InChI=1S/C9H11NO2/c1-6(2)8-4-3-7(5-11)9(12)10-8/h3-6H,1-2H3,(H,10,12). The number of rotatable bonds is 2. The number of aldehydes is 1. The Hall–Kier alpha value is -1.38. The number of carbonyl (C=O) groups is 1. The number of pyridine rings is 1. The van der Waals surface area contributed by atoms with Gasteiger partial charge >= 0.3 is 0 Å². The fourth-order valence-corrected chi connectivity index (χ4v) is 0.887. The van der Waals surface area contributed by atoms with Gasteiger partial charge in [-0.2, -0.15) is 0 Å². The van der Waals surface area contributed by atoms with Crippen LogP contribution in [0.1, 0.15) is 35.8 Å². The van der Waals surface area contributed by atoms with Crippen LogP contribution in [0.2, 0.25) is 0 Å². The Kier molecular flexibility index (Phi) is 2.43. The van der Waals surface area contributed by atoms with Crippen molar-refractivity contribution in [3.8, 4) is 5.88 Å². The highest BCUT2D eigenvalue weighted by Crippen LogP contribution is 2.17. The molecule has 0 bridgehead atoms. The molecule has 0 saturated carbocycles. The van der Waals surface area contributed by atoms with Gasteiger partial charge in [-0.3, -0.25) is 4.79 Å². The summed E-state index contributed by atoms with van der Waals surface area (Å²) in [5.74, 6) is 0.0767. The Morgan fingerprint density at radius 2 is 2.17 bits per heavy atom. The summed E-state index contributed by atoms with van der Waals surface area (Å²) in [6.07, 6.45) is 0.590. The molecular formula is C9H11NO2. The van der Waals surface area contributed by atoms with E-state index < -0.39 is 0 Å². The van der Waals surface area contributed by atoms with E-state index in [1.165, 1.54) is 0 Å². The highest BCUT2D eigenvalue weighted by molar-refractivity contribution is 5.77. The lowest BCUT2D eigenvalue weighted by Crippen LogP contribution is -1.94. The maximum Gasteiger partial charge on any atom is 0.221 e. The summed E-state index contributed by atoms with van der Waals surface area (Å²) in [6, 6.07) is 3.32. The van der Waals surface area contributed by atoms with Crippen LogP contribution in [0, 0.1) is 0 Å². The van der Waals surface area contributed by atoms with E-state index in [0.717, 1.165) is 5.69 Å². The molecule has 0 amide bonds. The quantitative estimate of drug-likeness (QED) is 0.679. The van der Waals surface area contributed by atoms with Crippen LogP contribution in [0.3, 0.4) is 0 Å². The average molecular weight is 165 g/mol. The van der Waals surface area contributed by atoms with Gasteiger partial charge in [-0.1, -0.05) is 13.8 Å². The molecule has 1 aromatic rings. The van der Waals surface area contributed by atoms with E-state index in [2.05, 4.69) is 4.98 Å². The molecule has 0 saturated heterocycles. The van der Waals surface area contributed by atoms with Crippen LogP contribution >= 0.6 is 0 Å². The second kappa shape index (κ2) is 3.34. The predicted molar refractivity (Wildman–Crippen MR) is 45.4 cm³/mol. The number of hydrogen-bond donors (Lipinski definition) is 1. The van der Waals surface area contributed by atoms with Crippen molar-refractivity contribution in [1.82, 2.24) is 4.98 Å². The predicted octanol–water partition coefficient (Wildman–Crippen LogP) is 1.72. The monoisotopic (exact) mass is 165 g/mol. The first kappa shape index (κ1) is 8.71. The number of nitrogens with zero attached hydrogens (tertiary/aromatic N) is 1. The second-order valence-corrected chi connectivity index (χ2v) is 2.92. The Morgan fingerprint density at radius 3 is 2.58 bits per heavy atom. The molecule has 1 N–H and O–H groups in total. The zero-order valence-corrected chi connectivity index (χ0v) is 7.11. The largest absolute Gasteiger partial charge is 0.493 e. The van der Waals surface area contributed by atoms with E-state index in [-0.39, 0.29) is 17.4 Å². The Morgan fingerprint density at radius 1 is 1.50 bits per heavy atom. The van der Waals surface area contributed by atoms with Crippen LogP contribution in [0.25, 0.3) is 0 Å². The maximum atomic E-state index is 10.3. The lowest BCUT2D eigenvalue weighted by Gasteiger charge is -2.04. The van der Waals surface area contributed by atoms with Gasteiger partial charge in [0.1, 0.15) is 0 Å². The molecule has 0 fully saturated rings. The minimum absolute atomic E-state index is 0.184. The van der Waals surface area contributed by atoms with Crippen molar-refractivity contribution >= 4 is 6.29 Å². The second-order valence-electron chi connectivity index (χ2n) is 2.92. The minimum atomic E-state index is -0.184. The van der Waals surface area contributed by atoms with Gasteiger partial charge in [0.25, 0.3) is 0 Å². The van der Waals surface area contributed by atoms with E-state index in [9.17, 15) is 9.90 Å². The minimum Gasteiger partial charge on any atom is -0.493 e. The topological polar surface area (TPSA) is 50.2 Å². The van der Waals surface area contributed by atoms with Gasteiger partial charge in [0.2, 0.25) is 5.88 Å². The van der Waals surface area contributed by atoms with Gasteiger partial charge in [0.15, 0.2) is 6.29 Å². The van der Waals surface area contributed by atoms with Crippen molar-refractivity contribution in [1.29, 1.82) is 0 Å². The lowest BCUT2D eigenvalue weighted by molar-refractivity contribution is 0.112. The molecule has 1 rings (SSSR count). The molecule has 0 spiro atoms. The van der Waals surface area contributed by atoms with Crippen molar-refractivity contribution < 1.29 is 9.90 Å². The van der Waals surface area contributed by atoms with E-state index in [0.29, 0.717) is 6.29 Å². The molecule has 3 nitrogen and oxygen atoms in total. The zero-order valence-electron chi connectivity index (χ0n) is 7.11. The third-order valence-corrected chi connectivity index (χ3v) is 1.65. The highest BCUT2D eigenvalue weighted by Gasteiger charge is 2.05. The van der Waals surface area contributed by atoms with Crippen LogP contribution in [-0.4, -0.2) is 16.4 Å². The maximum absolute atomic E-state index is 10.3. The Labute approximate surface area is 71.1 Å². The van der Waals surface area contributed by atoms with E-state index in [1.807, 2.05) is 13.8 Å². The summed E-state index contributed by atoms with van der Waals surface area (Å²) < 4.78 is 0. The molecule has 0 aliphatic carbocycles. The molecule has 0 aliphatic rings. The van der Waals surface area contributed by atoms with Crippen LogP contribution in [0.15, 0.2) is 12.1 Å². The normalized spacial score (nSPS) is 10.2. The van der Waals surface area contributed by atoms with Gasteiger partial charge < -0.3 is 5.11 Å². The molecule has 0 aromatic carbocycles. The summed E-state index contributed by atoms with van der Waals surface area (Å²) in [5.41, 5.74) is 1.03. The molecule has 1 heterocycles. The molecule has 0 unspecified atom stereocenters. The highest BCUT2D eigenvalue weighted by atomic mass is 16.3. The average Bonchev–Trinajstić information content (AvgIpc) is 2.04. The fraction of sp³-hybridized carbons (Fsp3) is 0.333. The van der Waals surface area contributed by atoms with Gasteiger partial charge in [0, 0.05) is 5.69 Å². The summed E-state index contributed by atoms with van der Waals surface area (Å²) in [7, 11) is 0. The molecule has 1 aromatic heterocycles. The van der Waals surface area contributed by atoms with Crippen molar-refractivity contribution in [3.05, 3.63) is 23.4 Å². The van der Waals surface area contributed by atoms with E-state index in [1.54, 1.807) is 12.1 Å². The fourth-order valence-electron chi connectivity index (χ4n) is 0.887. The molecule has 64 valence electrons. The van der Waals surface area contributed by atoms with Gasteiger partial charge in [-0.25, -0.2) is 4.98 Å². The Bertz CT molecular complexity index is 295. The lowest BCUT2D eigenvalue weighted by atomic mass is 10.1. The SMILES string of the molecule is CC(C)c1ccc(C=O)c(O)n1. The third-order valence-electron chi connectivity index (χ3n) is 1.65. The van der Waals surface area contributed by atoms with Crippen LogP contribution in [-0.2, 0) is 0 Å². The van der Waals surface area contributed by atoms with E-state index >= 15 is 0 Å². The first-order chi connectivity index (χ1) is 5.65. The van der Waals surface area contributed by atoms with Crippen LogP contribution in [0.4, 0.5) is 0 Å². The smallest absolute Gasteiger partial charge is 0.221 e. The summed E-state index contributed by atoms with van der Waals surface area (Å²) in [6.45, 7) is 3.95. The van der Waals surface area contributed by atoms with Gasteiger partial charge in [-0.15, -0.1) is 0 Å². The zero-order chi connectivity index (χ0) is 9.14. The first-order valence-electron chi connectivity index (χ1n) is 3.80. The van der Waals surface area contributed by atoms with Gasteiger partial charge in [-0.05, 0) is 18.1 Å². The van der Waals surface area contributed by atoms with Crippen molar-refractivity contribution in [2.24, 2.45) is 0 Å². The van der Waals surface area contributed by atoms with Crippen LogP contribution in [0.5, 0.6) is 5.88 Å². The number of aromatic nitrogens is 1. The molecule has 0 aliphatic heterocycles.